The Labute approximate surface area is 189 Å². The normalized spacial score (nSPS) is 20.6. The van der Waals surface area contributed by atoms with Crippen molar-refractivity contribution in [2.45, 2.75) is 63.6 Å². The van der Waals surface area contributed by atoms with Gasteiger partial charge in [0.2, 0.25) is 5.91 Å². The van der Waals surface area contributed by atoms with E-state index in [2.05, 4.69) is 11.4 Å². The van der Waals surface area contributed by atoms with Crippen LogP contribution in [0.1, 0.15) is 66.4 Å². The Morgan fingerprint density at radius 1 is 1.03 bits per heavy atom. The van der Waals surface area contributed by atoms with Gasteiger partial charge in [-0.3, -0.25) is 9.59 Å². The van der Waals surface area contributed by atoms with Crippen LogP contribution >= 0.6 is 0 Å². The molecule has 0 unspecified atom stereocenters. The Kier molecular flexibility index (Phi) is 6.87. The van der Waals surface area contributed by atoms with E-state index in [4.69, 9.17) is 11.0 Å². The molecule has 2 fully saturated rings. The number of rotatable bonds is 6. The van der Waals surface area contributed by atoms with Gasteiger partial charge in [-0.25, -0.2) is 0 Å². The largest absolute Gasteiger partial charge is 0.331 e. The highest BCUT2D eigenvalue weighted by atomic mass is 16.2. The van der Waals surface area contributed by atoms with Gasteiger partial charge in [-0.1, -0.05) is 18.6 Å². The summed E-state index contributed by atoms with van der Waals surface area (Å²) >= 11 is 0. The van der Waals surface area contributed by atoms with Crippen LogP contribution in [-0.4, -0.2) is 28.8 Å². The highest BCUT2D eigenvalue weighted by molar-refractivity contribution is 5.95. The van der Waals surface area contributed by atoms with Gasteiger partial charge in [0, 0.05) is 35.8 Å². The molecule has 2 aliphatic carbocycles. The first-order chi connectivity index (χ1) is 15.5. The third kappa shape index (κ3) is 5.17. The average Bonchev–Trinajstić information content (AvgIpc) is 2.77. The molecule has 0 atom stereocenters. The fourth-order valence-electron chi connectivity index (χ4n) is 4.49. The van der Waals surface area contributed by atoms with E-state index in [1.807, 2.05) is 29.2 Å². The number of anilines is 1. The molecule has 6 heteroatoms. The Morgan fingerprint density at radius 2 is 1.75 bits per heavy atom. The van der Waals surface area contributed by atoms with Crippen molar-refractivity contribution in [2.24, 2.45) is 11.7 Å². The maximum Gasteiger partial charge on any atom is 0.254 e. The molecule has 0 radical (unpaired) electrons. The molecule has 2 aromatic carbocycles. The van der Waals surface area contributed by atoms with Gasteiger partial charge in [0.15, 0.2) is 0 Å². The average molecular weight is 431 g/mol. The van der Waals surface area contributed by atoms with Crippen molar-refractivity contribution in [1.29, 1.82) is 5.26 Å². The lowest BCUT2D eigenvalue weighted by atomic mass is 9.85. The Hall–Kier alpha value is -3.17. The van der Waals surface area contributed by atoms with Gasteiger partial charge in [-0.2, -0.15) is 5.26 Å². The number of hydrogen-bond acceptors (Lipinski definition) is 4. The third-order valence-electron chi connectivity index (χ3n) is 6.73. The summed E-state index contributed by atoms with van der Waals surface area (Å²) in [6.07, 6.45) is 6.60. The van der Waals surface area contributed by atoms with Gasteiger partial charge in [-0.05, 0) is 80.5 Å². The van der Waals surface area contributed by atoms with Crippen molar-refractivity contribution >= 4 is 17.5 Å². The molecule has 2 saturated carbocycles. The van der Waals surface area contributed by atoms with Gasteiger partial charge < -0.3 is 16.0 Å². The van der Waals surface area contributed by atoms with Gasteiger partial charge in [-0.15, -0.1) is 0 Å². The first-order valence-electron chi connectivity index (χ1n) is 11.5. The van der Waals surface area contributed by atoms with Gasteiger partial charge in [0.05, 0.1) is 11.6 Å². The van der Waals surface area contributed by atoms with Crippen LogP contribution in [0.3, 0.4) is 0 Å². The van der Waals surface area contributed by atoms with Crippen molar-refractivity contribution in [3.05, 3.63) is 65.2 Å². The quantitative estimate of drug-likeness (QED) is 0.717. The topological polar surface area (TPSA) is 99.2 Å². The summed E-state index contributed by atoms with van der Waals surface area (Å²) in [5.41, 5.74) is 8.97. The predicted octanol–water partition coefficient (Wildman–Crippen LogP) is 4.21. The summed E-state index contributed by atoms with van der Waals surface area (Å²) in [5.74, 6) is 0.165. The van der Waals surface area contributed by atoms with E-state index in [1.54, 1.807) is 24.3 Å². The molecule has 0 aliphatic heterocycles. The summed E-state index contributed by atoms with van der Waals surface area (Å²) in [5, 5.41) is 12.1. The molecule has 2 aromatic rings. The number of benzene rings is 2. The van der Waals surface area contributed by atoms with Crippen molar-refractivity contribution in [3.63, 3.8) is 0 Å². The highest BCUT2D eigenvalue weighted by Gasteiger charge is 2.29. The lowest BCUT2D eigenvalue weighted by Crippen LogP contribution is -2.43. The molecule has 0 spiro atoms. The number of nitrogens with one attached hydrogen (secondary N) is 1. The van der Waals surface area contributed by atoms with E-state index in [9.17, 15) is 9.59 Å². The number of nitriles is 1. The Bertz CT molecular complexity index is 999. The van der Waals surface area contributed by atoms with E-state index in [-0.39, 0.29) is 29.8 Å². The zero-order valence-electron chi connectivity index (χ0n) is 18.3. The molecule has 4 rings (SSSR count). The van der Waals surface area contributed by atoms with Crippen LogP contribution in [0.5, 0.6) is 0 Å². The van der Waals surface area contributed by atoms with Gasteiger partial charge in [0.1, 0.15) is 0 Å². The maximum atomic E-state index is 13.5. The molecule has 2 aliphatic rings. The summed E-state index contributed by atoms with van der Waals surface area (Å²) in [7, 11) is 0. The zero-order valence-corrected chi connectivity index (χ0v) is 18.3. The summed E-state index contributed by atoms with van der Waals surface area (Å²) < 4.78 is 0. The lowest BCUT2D eigenvalue weighted by molar-refractivity contribution is -0.122. The molecule has 2 amide bonds. The fraction of sp³-hybridized carbons (Fsp3) is 0.423. The van der Waals surface area contributed by atoms with Crippen LogP contribution < -0.4 is 11.1 Å². The summed E-state index contributed by atoms with van der Waals surface area (Å²) in [6.45, 7) is 0.464. The van der Waals surface area contributed by atoms with E-state index in [0.29, 0.717) is 17.7 Å². The molecule has 0 heterocycles. The Morgan fingerprint density at radius 3 is 2.38 bits per heavy atom. The first-order valence-corrected chi connectivity index (χ1v) is 11.5. The van der Waals surface area contributed by atoms with Crippen LogP contribution in [0.15, 0.2) is 48.5 Å². The van der Waals surface area contributed by atoms with E-state index >= 15 is 0 Å². The molecule has 166 valence electrons. The maximum absolute atomic E-state index is 13.5. The SMILES string of the molecule is N#Cc1ccc(C(=O)N(Cc2cccc(NC(=O)C3CCC3)c2)C2CCC(N)CC2)cc1. The third-order valence-corrected chi connectivity index (χ3v) is 6.73. The van der Waals surface area contributed by atoms with E-state index in [1.165, 1.54) is 0 Å². The second kappa shape index (κ2) is 9.97. The smallest absolute Gasteiger partial charge is 0.254 e. The predicted molar refractivity (Wildman–Crippen MR) is 124 cm³/mol. The molecule has 0 aromatic heterocycles. The van der Waals surface area contributed by atoms with Crippen LogP contribution in [0.2, 0.25) is 0 Å². The number of carbonyl (C=O) groups is 2. The van der Waals surface area contributed by atoms with Crippen molar-refractivity contribution < 1.29 is 9.59 Å². The molecular weight excluding hydrogens is 400 g/mol. The first kappa shape index (κ1) is 22.0. The standard InChI is InChI=1S/C26H30N4O2/c27-16-18-7-9-21(10-8-18)26(32)30(24-13-11-22(28)12-14-24)17-19-3-1-6-23(15-19)29-25(31)20-4-2-5-20/h1,3,6-10,15,20,22,24H,2,4-5,11-14,17,28H2,(H,29,31). The monoisotopic (exact) mass is 430 g/mol. The molecule has 32 heavy (non-hydrogen) atoms. The minimum atomic E-state index is -0.0427. The van der Waals surface area contributed by atoms with Crippen LogP contribution in [0.25, 0.3) is 0 Å². The number of nitrogens with two attached hydrogens (primary N) is 1. The molecule has 6 nitrogen and oxygen atoms in total. The van der Waals surface area contributed by atoms with E-state index in [0.717, 1.165) is 56.2 Å². The summed E-state index contributed by atoms with van der Waals surface area (Å²) in [4.78, 5) is 27.7. The molecular formula is C26H30N4O2. The lowest BCUT2D eigenvalue weighted by Gasteiger charge is -2.36. The minimum Gasteiger partial charge on any atom is -0.331 e. The van der Waals surface area contributed by atoms with Crippen molar-refractivity contribution in [1.82, 2.24) is 4.90 Å². The summed E-state index contributed by atoms with van der Waals surface area (Å²) in [6, 6.07) is 17.0. The molecule has 3 N–H and O–H groups in total. The fourth-order valence-corrected chi connectivity index (χ4v) is 4.49. The van der Waals surface area contributed by atoms with Crippen molar-refractivity contribution in [2.75, 3.05) is 5.32 Å². The second-order valence-electron chi connectivity index (χ2n) is 9.01. The molecule has 0 bridgehead atoms. The van der Waals surface area contributed by atoms with Crippen LogP contribution in [-0.2, 0) is 11.3 Å². The zero-order chi connectivity index (χ0) is 22.5. The van der Waals surface area contributed by atoms with Crippen molar-refractivity contribution in [3.8, 4) is 6.07 Å². The number of carbonyl (C=O) groups excluding carboxylic acids is 2. The van der Waals surface area contributed by atoms with Gasteiger partial charge >= 0.3 is 0 Å². The Balaban J connectivity index is 1.53. The molecule has 0 saturated heterocycles. The minimum absolute atomic E-state index is 0.0427. The highest BCUT2D eigenvalue weighted by Crippen LogP contribution is 2.29. The number of hydrogen-bond donors (Lipinski definition) is 2. The number of nitrogens with zero attached hydrogens (tertiary/aromatic N) is 2. The van der Waals surface area contributed by atoms with Crippen LogP contribution in [0.4, 0.5) is 5.69 Å². The van der Waals surface area contributed by atoms with Crippen LogP contribution in [0, 0.1) is 17.2 Å². The number of amides is 2. The second-order valence-corrected chi connectivity index (χ2v) is 9.01. The van der Waals surface area contributed by atoms with Gasteiger partial charge in [0.25, 0.3) is 5.91 Å². The van der Waals surface area contributed by atoms with E-state index < -0.39 is 0 Å².